The summed E-state index contributed by atoms with van der Waals surface area (Å²) in [6, 6.07) is 5.69. The van der Waals surface area contributed by atoms with Gasteiger partial charge in [-0.05, 0) is 25.0 Å². The second-order valence-corrected chi connectivity index (χ2v) is 7.34. The molecule has 1 aromatic carbocycles. The van der Waals surface area contributed by atoms with Crippen molar-refractivity contribution in [2.75, 3.05) is 5.32 Å². The number of rotatable bonds is 5. The maximum absolute atomic E-state index is 12.8. The molecule has 124 valence electrons. The lowest BCUT2D eigenvalue weighted by atomic mass is 10.2. The number of benzene rings is 1. The lowest BCUT2D eigenvalue weighted by Crippen LogP contribution is -2.14. The Hall–Kier alpha value is -1.96. The molecule has 2 aromatic rings. The van der Waals surface area contributed by atoms with Crippen LogP contribution in [0.15, 0.2) is 35.4 Å². The average Bonchev–Trinajstić information content (AvgIpc) is 2.96. The normalized spacial score (nSPS) is 14.7. The molecule has 2 heterocycles. The van der Waals surface area contributed by atoms with Crippen molar-refractivity contribution in [1.29, 1.82) is 0 Å². The summed E-state index contributed by atoms with van der Waals surface area (Å²) in [5.41, 5.74) is 0.935. The molecule has 0 aliphatic carbocycles. The Morgan fingerprint density at radius 2 is 2.04 bits per heavy atom. The van der Waals surface area contributed by atoms with Gasteiger partial charge in [0.05, 0.1) is 22.8 Å². The van der Waals surface area contributed by atoms with Gasteiger partial charge in [-0.3, -0.25) is 0 Å². The molecule has 0 saturated carbocycles. The second-order valence-electron chi connectivity index (χ2n) is 5.45. The molecule has 23 heavy (non-hydrogen) atoms. The zero-order chi connectivity index (χ0) is 16.4. The van der Waals surface area contributed by atoms with Crippen LogP contribution in [0.3, 0.4) is 0 Å². The van der Waals surface area contributed by atoms with Gasteiger partial charge >= 0.3 is 5.76 Å². The van der Waals surface area contributed by atoms with Gasteiger partial charge in [0.1, 0.15) is 5.82 Å². The number of aryl methyl sites for hydroxylation is 2. The summed E-state index contributed by atoms with van der Waals surface area (Å²) in [4.78, 5) is 4.11. The van der Waals surface area contributed by atoms with E-state index in [2.05, 4.69) is 14.9 Å². The van der Waals surface area contributed by atoms with Crippen LogP contribution in [0.5, 0.6) is 0 Å². The maximum atomic E-state index is 12.8. The van der Waals surface area contributed by atoms with E-state index in [-0.39, 0.29) is 17.1 Å². The topological polar surface area (TPSA) is 64.0 Å². The molecule has 1 aliphatic rings. The summed E-state index contributed by atoms with van der Waals surface area (Å²) >= 11 is 0. The lowest BCUT2D eigenvalue weighted by Gasteiger charge is -2.11. The highest BCUT2D eigenvalue weighted by Gasteiger charge is 2.29. The van der Waals surface area contributed by atoms with Gasteiger partial charge < -0.3 is 9.88 Å². The molecule has 3 rings (SSSR count). The Balaban J connectivity index is 1.80. The summed E-state index contributed by atoms with van der Waals surface area (Å²) < 4.78 is 51.0. The number of imidazole rings is 1. The third-order valence-electron chi connectivity index (χ3n) is 3.85. The minimum Gasteiger partial charge on any atom is -0.378 e. The van der Waals surface area contributed by atoms with Gasteiger partial charge in [-0.2, -0.15) is 8.78 Å². The van der Waals surface area contributed by atoms with Crippen LogP contribution in [0.4, 0.5) is 14.5 Å². The fourth-order valence-corrected chi connectivity index (χ4v) is 3.61. The molecule has 0 radical (unpaired) electrons. The van der Waals surface area contributed by atoms with Crippen molar-refractivity contribution in [2.45, 2.75) is 43.0 Å². The average molecular weight is 341 g/mol. The monoisotopic (exact) mass is 341 g/mol. The predicted molar refractivity (Wildman–Crippen MR) is 82.1 cm³/mol. The number of para-hydroxylation sites is 1. The third-order valence-corrected chi connectivity index (χ3v) is 5.28. The van der Waals surface area contributed by atoms with Crippen molar-refractivity contribution in [3.05, 3.63) is 42.0 Å². The SMILES string of the molecule is O=S(=O)(c1ccccc1NCc1cn2c(n1)CCCC2)C(F)F. The van der Waals surface area contributed by atoms with Gasteiger partial charge in [-0.15, -0.1) is 0 Å². The number of anilines is 1. The van der Waals surface area contributed by atoms with Gasteiger partial charge in [-0.1, -0.05) is 12.1 Å². The molecule has 1 aliphatic heterocycles. The number of fused-ring (bicyclic) bond motifs is 1. The molecular formula is C15H17F2N3O2S. The zero-order valence-corrected chi connectivity index (χ0v) is 13.2. The van der Waals surface area contributed by atoms with Crippen LogP contribution in [-0.2, 0) is 29.3 Å². The Morgan fingerprint density at radius 1 is 1.26 bits per heavy atom. The lowest BCUT2D eigenvalue weighted by molar-refractivity contribution is 0.235. The Kier molecular flexibility index (Phi) is 4.34. The van der Waals surface area contributed by atoms with Crippen LogP contribution in [0.1, 0.15) is 24.4 Å². The Bertz CT molecular complexity index is 779. The minimum atomic E-state index is -4.64. The fourth-order valence-electron chi connectivity index (χ4n) is 2.70. The first-order valence-corrected chi connectivity index (χ1v) is 8.93. The summed E-state index contributed by atoms with van der Waals surface area (Å²) in [6.07, 6.45) is 5.08. The minimum absolute atomic E-state index is 0.166. The largest absolute Gasteiger partial charge is 0.378 e. The maximum Gasteiger partial charge on any atom is 0.341 e. The number of sulfone groups is 1. The first-order valence-electron chi connectivity index (χ1n) is 7.38. The van der Waals surface area contributed by atoms with Crippen LogP contribution >= 0.6 is 0 Å². The molecule has 0 unspecified atom stereocenters. The third kappa shape index (κ3) is 3.21. The molecule has 0 amide bonds. The fraction of sp³-hybridized carbons (Fsp3) is 0.400. The molecule has 0 saturated heterocycles. The van der Waals surface area contributed by atoms with Crippen LogP contribution in [0.25, 0.3) is 0 Å². The van der Waals surface area contributed by atoms with Gasteiger partial charge in [0.2, 0.25) is 9.84 Å². The number of aromatic nitrogens is 2. The van der Waals surface area contributed by atoms with Crippen molar-refractivity contribution in [2.24, 2.45) is 0 Å². The summed E-state index contributed by atoms with van der Waals surface area (Å²) in [7, 11) is -4.64. The van der Waals surface area contributed by atoms with Gasteiger partial charge in [0, 0.05) is 19.2 Å². The van der Waals surface area contributed by atoms with E-state index in [1.54, 1.807) is 6.07 Å². The number of nitrogens with one attached hydrogen (secondary N) is 1. The van der Waals surface area contributed by atoms with E-state index in [1.165, 1.54) is 18.2 Å². The van der Waals surface area contributed by atoms with Crippen molar-refractivity contribution < 1.29 is 17.2 Å². The van der Waals surface area contributed by atoms with E-state index in [1.807, 2.05) is 6.20 Å². The molecule has 0 spiro atoms. The highest BCUT2D eigenvalue weighted by Crippen LogP contribution is 2.26. The van der Waals surface area contributed by atoms with E-state index in [4.69, 9.17) is 0 Å². The van der Waals surface area contributed by atoms with E-state index in [9.17, 15) is 17.2 Å². The molecule has 8 heteroatoms. The highest BCUT2D eigenvalue weighted by molar-refractivity contribution is 7.91. The van der Waals surface area contributed by atoms with E-state index in [0.717, 1.165) is 37.3 Å². The Labute approximate surface area is 133 Å². The van der Waals surface area contributed by atoms with E-state index >= 15 is 0 Å². The van der Waals surface area contributed by atoms with Crippen LogP contribution < -0.4 is 5.32 Å². The zero-order valence-electron chi connectivity index (χ0n) is 12.4. The molecular weight excluding hydrogens is 324 g/mol. The predicted octanol–water partition coefficient (Wildman–Crippen LogP) is 2.83. The van der Waals surface area contributed by atoms with Crippen molar-refractivity contribution in [3.8, 4) is 0 Å². The summed E-state index contributed by atoms with van der Waals surface area (Å²) in [6.45, 7) is 1.22. The van der Waals surface area contributed by atoms with Crippen molar-refractivity contribution >= 4 is 15.5 Å². The summed E-state index contributed by atoms with van der Waals surface area (Å²) in [5.74, 6) is -2.42. The van der Waals surface area contributed by atoms with Crippen LogP contribution in [0.2, 0.25) is 0 Å². The van der Waals surface area contributed by atoms with Gasteiger partial charge in [0.25, 0.3) is 0 Å². The highest BCUT2D eigenvalue weighted by atomic mass is 32.2. The number of alkyl halides is 2. The van der Waals surface area contributed by atoms with Crippen LogP contribution in [-0.4, -0.2) is 23.7 Å². The molecule has 5 nitrogen and oxygen atoms in total. The number of hydrogen-bond donors (Lipinski definition) is 1. The number of halogens is 2. The van der Waals surface area contributed by atoms with E-state index in [0.29, 0.717) is 0 Å². The second kappa shape index (κ2) is 6.27. The summed E-state index contributed by atoms with van der Waals surface area (Å²) in [5, 5.41) is 2.91. The van der Waals surface area contributed by atoms with E-state index < -0.39 is 15.6 Å². The molecule has 0 atom stereocenters. The standard InChI is InChI=1S/C15H17F2N3O2S/c16-15(17)23(21,22)13-6-2-1-5-12(13)18-9-11-10-20-8-4-3-7-14(20)19-11/h1-2,5-6,10,15,18H,3-4,7-9H2. The molecule has 1 N–H and O–H groups in total. The first-order chi connectivity index (χ1) is 11.0. The van der Waals surface area contributed by atoms with Gasteiger partial charge in [-0.25, -0.2) is 13.4 Å². The Morgan fingerprint density at radius 3 is 2.78 bits per heavy atom. The number of hydrogen-bond acceptors (Lipinski definition) is 4. The number of nitrogens with zero attached hydrogens (tertiary/aromatic N) is 2. The molecule has 0 fully saturated rings. The van der Waals surface area contributed by atoms with Crippen LogP contribution in [0, 0.1) is 0 Å². The first kappa shape index (κ1) is 15.9. The quantitative estimate of drug-likeness (QED) is 0.908. The van der Waals surface area contributed by atoms with Crippen molar-refractivity contribution in [3.63, 3.8) is 0 Å². The molecule has 0 bridgehead atoms. The van der Waals surface area contributed by atoms with Crippen molar-refractivity contribution in [1.82, 2.24) is 9.55 Å². The van der Waals surface area contributed by atoms with Gasteiger partial charge in [0.15, 0.2) is 0 Å². The molecule has 1 aromatic heterocycles. The smallest absolute Gasteiger partial charge is 0.341 e.